The normalized spacial score (nSPS) is 16.3. The van der Waals surface area contributed by atoms with Crippen LogP contribution in [0.2, 0.25) is 5.02 Å². The van der Waals surface area contributed by atoms with Gasteiger partial charge in [0.2, 0.25) is 0 Å². The van der Waals surface area contributed by atoms with Gasteiger partial charge in [0.1, 0.15) is 11.3 Å². The number of fused-ring (bicyclic) bond motifs is 3. The lowest BCUT2D eigenvalue weighted by Gasteiger charge is -2.26. The van der Waals surface area contributed by atoms with E-state index < -0.39 is 0 Å². The van der Waals surface area contributed by atoms with E-state index in [-0.39, 0.29) is 18.1 Å². The van der Waals surface area contributed by atoms with E-state index in [0.29, 0.717) is 22.0 Å². The molecule has 0 saturated carbocycles. The van der Waals surface area contributed by atoms with Crippen molar-refractivity contribution < 1.29 is 18.7 Å². The maximum absolute atomic E-state index is 12.4. The van der Waals surface area contributed by atoms with E-state index in [1.54, 1.807) is 12.1 Å². The van der Waals surface area contributed by atoms with Crippen molar-refractivity contribution in [2.75, 3.05) is 38.2 Å². The summed E-state index contributed by atoms with van der Waals surface area (Å²) < 4.78 is 16.6. The Morgan fingerprint density at radius 2 is 1.79 bits per heavy atom. The van der Waals surface area contributed by atoms with Gasteiger partial charge in [-0.15, -0.1) is 0 Å². The van der Waals surface area contributed by atoms with E-state index in [2.05, 4.69) is 10.2 Å². The Morgan fingerprint density at radius 3 is 2.56 bits per heavy atom. The van der Waals surface area contributed by atoms with E-state index >= 15 is 0 Å². The molecular weight excluding hydrogens is 456 g/mol. The first kappa shape index (κ1) is 22.9. The van der Waals surface area contributed by atoms with Gasteiger partial charge in [0.05, 0.1) is 18.2 Å². The maximum Gasteiger partial charge on any atom is 0.339 e. The number of carbonyl (C=O) groups is 1. The first-order chi connectivity index (χ1) is 16.6. The predicted molar refractivity (Wildman–Crippen MR) is 131 cm³/mol. The Morgan fingerprint density at radius 1 is 1.06 bits per heavy atom. The van der Waals surface area contributed by atoms with Crippen LogP contribution in [0.3, 0.4) is 0 Å². The number of ether oxygens (including phenoxy) is 2. The fraction of sp³-hybridized carbons (Fsp3) is 0.385. The molecule has 0 spiro atoms. The first-order valence-corrected chi connectivity index (χ1v) is 12.0. The SMILES string of the molecule is O=C(COc1cc2oc(=O)c3c(c2cc1Cl)CCCC3)Nc1ccc(CN2CCOCC2)cc1. The van der Waals surface area contributed by atoms with E-state index in [9.17, 15) is 9.59 Å². The molecule has 1 fully saturated rings. The van der Waals surface area contributed by atoms with Crippen LogP contribution in [0.25, 0.3) is 11.0 Å². The van der Waals surface area contributed by atoms with Crippen molar-refractivity contribution in [1.29, 1.82) is 0 Å². The van der Waals surface area contributed by atoms with Gasteiger partial charge in [-0.05, 0) is 55.0 Å². The van der Waals surface area contributed by atoms with Crippen LogP contribution in [-0.4, -0.2) is 43.7 Å². The summed E-state index contributed by atoms with van der Waals surface area (Å²) >= 11 is 6.44. The highest BCUT2D eigenvalue weighted by Crippen LogP contribution is 2.34. The second kappa shape index (κ2) is 10.2. The summed E-state index contributed by atoms with van der Waals surface area (Å²) in [6.45, 7) is 4.04. The second-order valence-electron chi connectivity index (χ2n) is 8.75. The summed E-state index contributed by atoms with van der Waals surface area (Å²) in [6, 6.07) is 11.2. The molecule has 1 saturated heterocycles. The number of anilines is 1. The van der Waals surface area contributed by atoms with Gasteiger partial charge in [-0.2, -0.15) is 0 Å². The van der Waals surface area contributed by atoms with Crippen molar-refractivity contribution in [3.63, 3.8) is 0 Å². The molecule has 2 aliphatic rings. The summed E-state index contributed by atoms with van der Waals surface area (Å²) in [6.07, 6.45) is 3.60. The minimum absolute atomic E-state index is 0.212. The molecule has 34 heavy (non-hydrogen) atoms. The van der Waals surface area contributed by atoms with E-state index in [0.717, 1.165) is 75.0 Å². The number of carbonyl (C=O) groups excluding carboxylic acids is 1. The van der Waals surface area contributed by atoms with Crippen molar-refractivity contribution in [3.05, 3.63) is 68.5 Å². The molecular formula is C26H27ClN2O5. The highest BCUT2D eigenvalue weighted by atomic mass is 35.5. The van der Waals surface area contributed by atoms with Gasteiger partial charge in [0.15, 0.2) is 6.61 Å². The van der Waals surface area contributed by atoms with Gasteiger partial charge < -0.3 is 19.2 Å². The quantitative estimate of drug-likeness (QED) is 0.531. The van der Waals surface area contributed by atoms with E-state index in [1.165, 1.54) is 5.56 Å². The van der Waals surface area contributed by atoms with Crippen LogP contribution in [0, 0.1) is 0 Å². The molecule has 7 nitrogen and oxygen atoms in total. The fourth-order valence-corrected chi connectivity index (χ4v) is 4.82. The molecule has 0 bridgehead atoms. The predicted octanol–water partition coefficient (Wildman–Crippen LogP) is 4.17. The zero-order valence-electron chi connectivity index (χ0n) is 18.9. The molecule has 0 atom stereocenters. The Bertz CT molecular complexity index is 1250. The lowest BCUT2D eigenvalue weighted by molar-refractivity contribution is -0.118. The Kier molecular flexibility index (Phi) is 6.85. The Balaban J connectivity index is 1.21. The number of rotatable bonds is 6. The summed E-state index contributed by atoms with van der Waals surface area (Å²) in [4.78, 5) is 27.1. The highest BCUT2D eigenvalue weighted by molar-refractivity contribution is 6.32. The standard InChI is InChI=1S/C26H27ClN2O5/c27-22-13-21-19-3-1-2-4-20(19)26(31)34-23(21)14-24(22)33-16-25(30)28-18-7-5-17(6-8-18)15-29-9-11-32-12-10-29/h5-8,13-14H,1-4,9-12,15-16H2,(H,28,30). The molecule has 0 radical (unpaired) electrons. The van der Waals surface area contributed by atoms with Crippen molar-refractivity contribution in [1.82, 2.24) is 4.90 Å². The number of halogens is 1. The third kappa shape index (κ3) is 5.12. The molecule has 1 aromatic heterocycles. The molecule has 1 N–H and O–H groups in total. The molecule has 0 unspecified atom stereocenters. The smallest absolute Gasteiger partial charge is 0.339 e. The average molecular weight is 483 g/mol. The van der Waals surface area contributed by atoms with Crippen LogP contribution >= 0.6 is 11.6 Å². The number of morpholine rings is 1. The average Bonchev–Trinajstić information content (AvgIpc) is 2.85. The first-order valence-electron chi connectivity index (χ1n) is 11.7. The fourth-order valence-electron chi connectivity index (χ4n) is 4.61. The third-order valence-electron chi connectivity index (χ3n) is 6.38. The molecule has 2 heterocycles. The van der Waals surface area contributed by atoms with Gasteiger partial charge in [0, 0.05) is 42.3 Å². The van der Waals surface area contributed by atoms with Crippen LogP contribution in [0.5, 0.6) is 5.75 Å². The number of nitrogens with zero attached hydrogens (tertiary/aromatic N) is 1. The number of hydrogen-bond donors (Lipinski definition) is 1. The summed E-state index contributed by atoms with van der Waals surface area (Å²) in [5.41, 5.74) is 3.77. The van der Waals surface area contributed by atoms with Crippen molar-refractivity contribution in [2.45, 2.75) is 32.2 Å². The van der Waals surface area contributed by atoms with Crippen LogP contribution in [0.1, 0.15) is 29.5 Å². The number of hydrogen-bond acceptors (Lipinski definition) is 6. The van der Waals surface area contributed by atoms with Gasteiger partial charge in [-0.3, -0.25) is 9.69 Å². The number of benzene rings is 2. The Hall–Kier alpha value is -2.87. The van der Waals surface area contributed by atoms with Crippen LogP contribution in [-0.2, 0) is 28.9 Å². The zero-order chi connectivity index (χ0) is 23.5. The molecule has 8 heteroatoms. The van der Waals surface area contributed by atoms with Crippen LogP contribution in [0.15, 0.2) is 45.6 Å². The van der Waals surface area contributed by atoms with Gasteiger partial charge >= 0.3 is 5.63 Å². The third-order valence-corrected chi connectivity index (χ3v) is 6.68. The molecule has 2 aromatic carbocycles. The number of aryl methyl sites for hydroxylation is 1. The van der Waals surface area contributed by atoms with E-state index in [1.807, 2.05) is 24.3 Å². The molecule has 1 aliphatic heterocycles. The zero-order valence-corrected chi connectivity index (χ0v) is 19.7. The second-order valence-corrected chi connectivity index (χ2v) is 9.16. The Labute approximate surface area is 202 Å². The summed E-state index contributed by atoms with van der Waals surface area (Å²) in [5.74, 6) is 0.00747. The lowest BCUT2D eigenvalue weighted by atomic mass is 9.91. The monoisotopic (exact) mass is 482 g/mol. The highest BCUT2D eigenvalue weighted by Gasteiger charge is 2.20. The summed E-state index contributed by atoms with van der Waals surface area (Å²) in [5, 5.41) is 4.06. The van der Waals surface area contributed by atoms with Crippen molar-refractivity contribution in [3.8, 4) is 5.75 Å². The minimum Gasteiger partial charge on any atom is -0.482 e. The largest absolute Gasteiger partial charge is 0.482 e. The lowest BCUT2D eigenvalue weighted by Crippen LogP contribution is -2.35. The molecule has 3 aromatic rings. The van der Waals surface area contributed by atoms with Crippen LogP contribution < -0.4 is 15.7 Å². The molecule has 1 aliphatic carbocycles. The number of amides is 1. The molecule has 178 valence electrons. The van der Waals surface area contributed by atoms with Gasteiger partial charge in [0.25, 0.3) is 5.91 Å². The molecule has 1 amide bonds. The van der Waals surface area contributed by atoms with Gasteiger partial charge in [-0.25, -0.2) is 4.79 Å². The maximum atomic E-state index is 12.4. The van der Waals surface area contributed by atoms with Crippen LogP contribution in [0.4, 0.5) is 5.69 Å². The molecule has 5 rings (SSSR count). The van der Waals surface area contributed by atoms with Crippen molar-refractivity contribution in [2.24, 2.45) is 0 Å². The van der Waals surface area contributed by atoms with Crippen molar-refractivity contribution >= 4 is 34.2 Å². The number of nitrogens with one attached hydrogen (secondary N) is 1. The minimum atomic E-state index is -0.302. The topological polar surface area (TPSA) is 81.0 Å². The van der Waals surface area contributed by atoms with Gasteiger partial charge in [-0.1, -0.05) is 23.7 Å². The summed E-state index contributed by atoms with van der Waals surface area (Å²) in [7, 11) is 0. The van der Waals surface area contributed by atoms with E-state index in [4.69, 9.17) is 25.5 Å².